The van der Waals surface area contributed by atoms with E-state index in [4.69, 9.17) is 14.2 Å². The SMILES string of the molecule is C=C(C)C(=O)OCC(O)CC(OCCCCCCCCCC(C)(C)C)OCCCCCCCCCC(C)(C)C. The van der Waals surface area contributed by atoms with Gasteiger partial charge in [0.25, 0.3) is 0 Å². The summed E-state index contributed by atoms with van der Waals surface area (Å²) in [6.07, 6.45) is 18.9. The average Bonchev–Trinajstić information content (AvgIpc) is 2.83. The lowest BCUT2D eigenvalue weighted by atomic mass is 9.89. The number of aliphatic hydroxyl groups is 1. The van der Waals surface area contributed by atoms with Crippen molar-refractivity contribution >= 4 is 5.97 Å². The van der Waals surface area contributed by atoms with Crippen LogP contribution in [0, 0.1) is 10.8 Å². The molecule has 0 fully saturated rings. The first kappa shape index (κ1) is 38.1. The summed E-state index contributed by atoms with van der Waals surface area (Å²) >= 11 is 0. The highest BCUT2D eigenvalue weighted by molar-refractivity contribution is 5.86. The number of esters is 1. The van der Waals surface area contributed by atoms with Crippen LogP contribution in [0.2, 0.25) is 0 Å². The Hall–Kier alpha value is -0.910. The van der Waals surface area contributed by atoms with Crippen LogP contribution in [0.25, 0.3) is 0 Å². The molecule has 1 N–H and O–H groups in total. The fourth-order valence-corrected chi connectivity index (χ4v) is 4.48. The molecule has 0 rings (SSSR count). The average molecular weight is 555 g/mol. The summed E-state index contributed by atoms with van der Waals surface area (Å²) in [6.45, 7) is 20.2. The van der Waals surface area contributed by atoms with Crippen molar-refractivity contribution in [2.24, 2.45) is 10.8 Å². The largest absolute Gasteiger partial charge is 0.460 e. The molecule has 5 heteroatoms. The van der Waals surface area contributed by atoms with Gasteiger partial charge in [0.1, 0.15) is 6.61 Å². The van der Waals surface area contributed by atoms with Crippen molar-refractivity contribution in [3.63, 3.8) is 0 Å². The zero-order chi connectivity index (χ0) is 29.6. The predicted molar refractivity (Wildman–Crippen MR) is 165 cm³/mol. The molecular formula is C34H66O5. The van der Waals surface area contributed by atoms with Crippen molar-refractivity contribution in [3.05, 3.63) is 12.2 Å². The minimum atomic E-state index is -0.820. The summed E-state index contributed by atoms with van der Waals surface area (Å²) in [5.41, 5.74) is 1.22. The van der Waals surface area contributed by atoms with Gasteiger partial charge in [0.2, 0.25) is 0 Å². The topological polar surface area (TPSA) is 65.0 Å². The van der Waals surface area contributed by atoms with Gasteiger partial charge in [-0.2, -0.15) is 0 Å². The summed E-state index contributed by atoms with van der Waals surface area (Å²) in [6, 6.07) is 0. The fourth-order valence-electron chi connectivity index (χ4n) is 4.48. The smallest absolute Gasteiger partial charge is 0.333 e. The van der Waals surface area contributed by atoms with Gasteiger partial charge in [0.05, 0.1) is 6.10 Å². The molecule has 5 nitrogen and oxygen atoms in total. The standard InChI is InChI=1S/C34H66O5/c1-29(2)32(36)39-28-30(35)27-31(37-25-21-17-13-9-11-15-19-23-33(3,4)5)38-26-22-18-14-10-12-16-20-24-34(6,7)8/h30-31,35H,1,9-28H2,2-8H3. The quantitative estimate of drug-likeness (QED) is 0.0527. The number of ether oxygens (including phenoxy) is 3. The maximum Gasteiger partial charge on any atom is 0.333 e. The summed E-state index contributed by atoms with van der Waals surface area (Å²) in [5, 5.41) is 10.4. The number of unbranched alkanes of at least 4 members (excludes halogenated alkanes) is 12. The van der Waals surface area contributed by atoms with E-state index in [9.17, 15) is 9.90 Å². The molecule has 1 atom stereocenters. The lowest BCUT2D eigenvalue weighted by Gasteiger charge is -2.21. The molecule has 0 aromatic carbocycles. The first-order valence-electron chi connectivity index (χ1n) is 16.0. The van der Waals surface area contributed by atoms with Crippen molar-refractivity contribution in [3.8, 4) is 0 Å². The Morgan fingerprint density at radius 1 is 0.667 bits per heavy atom. The third kappa shape index (κ3) is 28.4. The number of hydrogen-bond acceptors (Lipinski definition) is 5. The van der Waals surface area contributed by atoms with E-state index in [2.05, 4.69) is 48.1 Å². The van der Waals surface area contributed by atoms with Gasteiger partial charge in [-0.15, -0.1) is 0 Å². The molecule has 0 bridgehead atoms. The third-order valence-corrected chi connectivity index (χ3v) is 6.97. The highest BCUT2D eigenvalue weighted by Gasteiger charge is 2.18. The summed E-state index contributed by atoms with van der Waals surface area (Å²) < 4.78 is 17.1. The van der Waals surface area contributed by atoms with Crippen LogP contribution in [0.3, 0.4) is 0 Å². The molecule has 0 spiro atoms. The lowest BCUT2D eigenvalue weighted by Crippen LogP contribution is -2.28. The van der Waals surface area contributed by atoms with Gasteiger partial charge in [-0.25, -0.2) is 4.79 Å². The molecule has 1 unspecified atom stereocenters. The lowest BCUT2D eigenvalue weighted by molar-refractivity contribution is -0.166. The van der Waals surface area contributed by atoms with Gasteiger partial charge in [-0.1, -0.05) is 125 Å². The van der Waals surface area contributed by atoms with Gasteiger partial charge >= 0.3 is 5.97 Å². The summed E-state index contributed by atoms with van der Waals surface area (Å²) in [4.78, 5) is 11.6. The fraction of sp³-hybridized carbons (Fsp3) is 0.912. The predicted octanol–water partition coefficient (Wildman–Crippen LogP) is 9.55. The van der Waals surface area contributed by atoms with E-state index in [1.165, 1.54) is 77.0 Å². The number of carbonyl (C=O) groups excluding carboxylic acids is 1. The first-order chi connectivity index (χ1) is 18.3. The molecule has 0 aliphatic rings. The summed E-state index contributed by atoms with van der Waals surface area (Å²) in [5.74, 6) is -0.482. The highest BCUT2D eigenvalue weighted by atomic mass is 16.7. The van der Waals surface area contributed by atoms with Gasteiger partial charge < -0.3 is 19.3 Å². The van der Waals surface area contributed by atoms with Crippen LogP contribution >= 0.6 is 0 Å². The Kier molecular flexibility index (Phi) is 22.2. The zero-order valence-corrected chi connectivity index (χ0v) is 27.1. The molecule has 0 heterocycles. The van der Waals surface area contributed by atoms with E-state index < -0.39 is 18.4 Å². The van der Waals surface area contributed by atoms with Gasteiger partial charge in [0, 0.05) is 25.2 Å². The van der Waals surface area contributed by atoms with Crippen molar-refractivity contribution < 1.29 is 24.1 Å². The molecular weight excluding hydrogens is 488 g/mol. The normalized spacial score (nSPS) is 13.2. The Morgan fingerprint density at radius 3 is 1.38 bits per heavy atom. The Labute approximate surface area is 242 Å². The molecule has 0 saturated heterocycles. The maximum absolute atomic E-state index is 11.6. The van der Waals surface area contributed by atoms with Crippen LogP contribution in [-0.4, -0.2) is 43.3 Å². The van der Waals surface area contributed by atoms with Gasteiger partial charge in [-0.3, -0.25) is 0 Å². The second-order valence-corrected chi connectivity index (χ2v) is 14.0. The van der Waals surface area contributed by atoms with E-state index in [1.807, 2.05) is 0 Å². The Morgan fingerprint density at radius 2 is 1.03 bits per heavy atom. The molecule has 0 aromatic heterocycles. The van der Waals surface area contributed by atoms with E-state index in [0.717, 1.165) is 25.7 Å². The molecule has 0 saturated carbocycles. The molecule has 232 valence electrons. The van der Waals surface area contributed by atoms with Crippen LogP contribution in [0.15, 0.2) is 12.2 Å². The minimum Gasteiger partial charge on any atom is -0.460 e. The minimum absolute atomic E-state index is 0.0701. The molecule has 0 amide bonds. The second kappa shape index (κ2) is 22.7. The Bertz CT molecular complexity index is 568. The third-order valence-electron chi connectivity index (χ3n) is 6.97. The van der Waals surface area contributed by atoms with E-state index in [-0.39, 0.29) is 6.61 Å². The maximum atomic E-state index is 11.6. The molecule has 0 aliphatic carbocycles. The Balaban J connectivity index is 4.14. The van der Waals surface area contributed by atoms with Crippen molar-refractivity contribution in [1.29, 1.82) is 0 Å². The monoisotopic (exact) mass is 554 g/mol. The van der Waals surface area contributed by atoms with Crippen molar-refractivity contribution in [1.82, 2.24) is 0 Å². The van der Waals surface area contributed by atoms with Gasteiger partial charge in [-0.05, 0) is 43.4 Å². The second-order valence-electron chi connectivity index (χ2n) is 14.0. The number of rotatable bonds is 25. The number of hydrogen-bond donors (Lipinski definition) is 1. The zero-order valence-electron chi connectivity index (χ0n) is 27.1. The van der Waals surface area contributed by atoms with Crippen LogP contribution in [0.4, 0.5) is 0 Å². The van der Waals surface area contributed by atoms with Crippen LogP contribution in [0.5, 0.6) is 0 Å². The van der Waals surface area contributed by atoms with Crippen molar-refractivity contribution in [2.45, 2.75) is 170 Å². The van der Waals surface area contributed by atoms with E-state index in [0.29, 0.717) is 36.0 Å². The van der Waals surface area contributed by atoms with Gasteiger partial charge in [0.15, 0.2) is 6.29 Å². The molecule has 39 heavy (non-hydrogen) atoms. The molecule has 0 radical (unpaired) electrons. The van der Waals surface area contributed by atoms with Crippen molar-refractivity contribution in [2.75, 3.05) is 19.8 Å². The summed E-state index contributed by atoms with van der Waals surface area (Å²) in [7, 11) is 0. The van der Waals surface area contributed by atoms with Crippen LogP contribution in [-0.2, 0) is 19.0 Å². The van der Waals surface area contributed by atoms with Crippen LogP contribution < -0.4 is 0 Å². The van der Waals surface area contributed by atoms with E-state index in [1.54, 1.807) is 6.92 Å². The first-order valence-corrected chi connectivity index (χ1v) is 16.0. The molecule has 0 aromatic rings. The number of aliphatic hydroxyl groups excluding tert-OH is 1. The highest BCUT2D eigenvalue weighted by Crippen LogP contribution is 2.23. The molecule has 0 aliphatic heterocycles. The number of carbonyl (C=O) groups is 1. The van der Waals surface area contributed by atoms with Crippen LogP contribution in [0.1, 0.15) is 158 Å². The van der Waals surface area contributed by atoms with E-state index >= 15 is 0 Å².